The van der Waals surface area contributed by atoms with Crippen LogP contribution in [-0.4, -0.2) is 18.8 Å². The number of rotatable bonds is 4. The van der Waals surface area contributed by atoms with Crippen molar-refractivity contribution in [3.63, 3.8) is 0 Å². The van der Waals surface area contributed by atoms with Crippen LogP contribution >= 0.6 is 0 Å². The maximum absolute atomic E-state index is 11.0. The Balaban J connectivity index is 2.57. The molecule has 1 aromatic carbocycles. The van der Waals surface area contributed by atoms with Crippen LogP contribution in [0.3, 0.4) is 0 Å². The molecule has 4 nitrogen and oxygen atoms in total. The summed E-state index contributed by atoms with van der Waals surface area (Å²) in [6.07, 6.45) is 0. The SMILES string of the molecule is COc1cccc(CNC(=O)C(C)=O)c1. The Kier molecular flexibility index (Phi) is 3.85. The number of carbonyl (C=O) groups excluding carboxylic acids is 2. The van der Waals surface area contributed by atoms with Crippen molar-refractivity contribution in [3.8, 4) is 5.75 Å². The van der Waals surface area contributed by atoms with Crippen molar-refractivity contribution in [3.05, 3.63) is 29.8 Å². The van der Waals surface area contributed by atoms with Gasteiger partial charge >= 0.3 is 0 Å². The van der Waals surface area contributed by atoms with Gasteiger partial charge in [-0.2, -0.15) is 0 Å². The number of ether oxygens (including phenoxy) is 1. The Morgan fingerprint density at radius 1 is 1.40 bits per heavy atom. The molecule has 0 spiro atoms. The van der Waals surface area contributed by atoms with Crippen LogP contribution in [0.25, 0.3) is 0 Å². The zero-order chi connectivity index (χ0) is 11.3. The average Bonchev–Trinajstić information content (AvgIpc) is 2.26. The summed E-state index contributed by atoms with van der Waals surface area (Å²) < 4.78 is 5.03. The van der Waals surface area contributed by atoms with Gasteiger partial charge in [0.25, 0.3) is 5.91 Å². The van der Waals surface area contributed by atoms with Crippen LogP contribution in [0.1, 0.15) is 12.5 Å². The van der Waals surface area contributed by atoms with E-state index >= 15 is 0 Å². The third-order valence-electron chi connectivity index (χ3n) is 1.91. The van der Waals surface area contributed by atoms with Gasteiger partial charge < -0.3 is 10.1 Å². The second-order valence-electron chi connectivity index (χ2n) is 3.09. The van der Waals surface area contributed by atoms with E-state index in [0.29, 0.717) is 6.54 Å². The molecule has 1 amide bonds. The van der Waals surface area contributed by atoms with Gasteiger partial charge in [-0.3, -0.25) is 9.59 Å². The van der Waals surface area contributed by atoms with Crippen LogP contribution in [0.15, 0.2) is 24.3 Å². The number of hydrogen-bond donors (Lipinski definition) is 1. The van der Waals surface area contributed by atoms with E-state index in [0.717, 1.165) is 11.3 Å². The van der Waals surface area contributed by atoms with Gasteiger partial charge in [-0.05, 0) is 17.7 Å². The summed E-state index contributed by atoms with van der Waals surface area (Å²) in [5.41, 5.74) is 0.893. The number of methoxy groups -OCH3 is 1. The molecule has 80 valence electrons. The van der Waals surface area contributed by atoms with Crippen LogP contribution < -0.4 is 10.1 Å². The minimum atomic E-state index is -0.571. The third-order valence-corrected chi connectivity index (χ3v) is 1.91. The molecule has 0 bridgehead atoms. The normalized spacial score (nSPS) is 9.47. The predicted molar refractivity (Wildman–Crippen MR) is 55.5 cm³/mol. The number of hydrogen-bond acceptors (Lipinski definition) is 3. The number of nitrogens with one attached hydrogen (secondary N) is 1. The topological polar surface area (TPSA) is 55.4 Å². The average molecular weight is 207 g/mol. The van der Waals surface area contributed by atoms with Gasteiger partial charge in [-0.25, -0.2) is 0 Å². The molecule has 0 atom stereocenters. The van der Waals surface area contributed by atoms with Crippen LogP contribution in [0.2, 0.25) is 0 Å². The number of ketones is 1. The molecule has 0 radical (unpaired) electrons. The second-order valence-corrected chi connectivity index (χ2v) is 3.09. The van der Waals surface area contributed by atoms with E-state index in [1.54, 1.807) is 13.2 Å². The molecular weight excluding hydrogens is 194 g/mol. The Morgan fingerprint density at radius 3 is 2.73 bits per heavy atom. The number of carbonyl (C=O) groups is 2. The monoisotopic (exact) mass is 207 g/mol. The second kappa shape index (κ2) is 5.14. The summed E-state index contributed by atoms with van der Waals surface area (Å²) in [5.74, 6) is -0.333. The van der Waals surface area contributed by atoms with Gasteiger partial charge in [0.1, 0.15) is 5.75 Å². The lowest BCUT2D eigenvalue weighted by Crippen LogP contribution is -2.28. The van der Waals surface area contributed by atoms with E-state index in [1.165, 1.54) is 6.92 Å². The molecule has 0 unspecified atom stereocenters. The van der Waals surface area contributed by atoms with E-state index in [9.17, 15) is 9.59 Å². The highest BCUT2D eigenvalue weighted by Crippen LogP contribution is 2.11. The Labute approximate surface area is 88.2 Å². The zero-order valence-electron chi connectivity index (χ0n) is 8.74. The molecule has 1 N–H and O–H groups in total. The highest BCUT2D eigenvalue weighted by Gasteiger charge is 2.06. The largest absolute Gasteiger partial charge is 0.497 e. The highest BCUT2D eigenvalue weighted by atomic mass is 16.5. The highest BCUT2D eigenvalue weighted by molar-refractivity contribution is 6.35. The Morgan fingerprint density at radius 2 is 2.13 bits per heavy atom. The maximum Gasteiger partial charge on any atom is 0.287 e. The quantitative estimate of drug-likeness (QED) is 0.746. The van der Waals surface area contributed by atoms with E-state index in [2.05, 4.69) is 5.32 Å². The molecule has 0 aromatic heterocycles. The van der Waals surface area contributed by atoms with Gasteiger partial charge in [-0.15, -0.1) is 0 Å². The zero-order valence-corrected chi connectivity index (χ0v) is 8.74. The number of amides is 1. The fourth-order valence-corrected chi connectivity index (χ4v) is 1.09. The van der Waals surface area contributed by atoms with E-state index < -0.39 is 11.7 Å². The maximum atomic E-state index is 11.0. The van der Waals surface area contributed by atoms with Crippen LogP contribution in [0.4, 0.5) is 0 Å². The van der Waals surface area contributed by atoms with Gasteiger partial charge in [0.15, 0.2) is 0 Å². The van der Waals surface area contributed by atoms with Crippen molar-refractivity contribution >= 4 is 11.7 Å². The molecule has 0 aliphatic rings. The molecule has 15 heavy (non-hydrogen) atoms. The molecule has 1 rings (SSSR count). The molecule has 4 heteroatoms. The standard InChI is InChI=1S/C11H13NO3/c1-8(13)11(14)12-7-9-4-3-5-10(6-9)15-2/h3-6H,7H2,1-2H3,(H,12,14). The van der Waals surface area contributed by atoms with Crippen molar-refractivity contribution in [2.75, 3.05) is 7.11 Å². The van der Waals surface area contributed by atoms with Crippen molar-refractivity contribution in [1.82, 2.24) is 5.32 Å². The van der Waals surface area contributed by atoms with Crippen LogP contribution in [-0.2, 0) is 16.1 Å². The first-order valence-corrected chi connectivity index (χ1v) is 4.55. The molecule has 1 aromatic rings. The molecule has 0 aliphatic heterocycles. The third kappa shape index (κ3) is 3.42. The van der Waals surface area contributed by atoms with Crippen LogP contribution in [0.5, 0.6) is 5.75 Å². The predicted octanol–water partition coefficient (Wildman–Crippen LogP) is 0.900. The fraction of sp³-hybridized carbons (Fsp3) is 0.273. The molecule has 0 aliphatic carbocycles. The van der Waals surface area contributed by atoms with Gasteiger partial charge in [0.2, 0.25) is 5.78 Å². The summed E-state index contributed by atoms with van der Waals surface area (Å²) in [5, 5.41) is 2.51. The molecule has 0 saturated heterocycles. The van der Waals surface area contributed by atoms with Gasteiger partial charge in [0, 0.05) is 13.5 Å². The fourth-order valence-electron chi connectivity index (χ4n) is 1.09. The Hall–Kier alpha value is -1.84. The number of Topliss-reactive ketones (excluding diaryl/α,β-unsaturated/α-hetero) is 1. The molecule has 0 heterocycles. The lowest BCUT2D eigenvalue weighted by atomic mass is 10.2. The first kappa shape index (κ1) is 11.2. The molecule has 0 saturated carbocycles. The van der Waals surface area contributed by atoms with E-state index in [4.69, 9.17) is 4.74 Å². The minimum Gasteiger partial charge on any atom is -0.497 e. The van der Waals surface area contributed by atoms with Gasteiger partial charge in [0.05, 0.1) is 7.11 Å². The van der Waals surface area contributed by atoms with Crippen molar-refractivity contribution < 1.29 is 14.3 Å². The summed E-state index contributed by atoms with van der Waals surface area (Å²) >= 11 is 0. The van der Waals surface area contributed by atoms with E-state index in [1.807, 2.05) is 18.2 Å². The lowest BCUT2D eigenvalue weighted by molar-refractivity contribution is -0.136. The van der Waals surface area contributed by atoms with Crippen molar-refractivity contribution in [1.29, 1.82) is 0 Å². The van der Waals surface area contributed by atoms with Crippen molar-refractivity contribution in [2.24, 2.45) is 0 Å². The van der Waals surface area contributed by atoms with Crippen molar-refractivity contribution in [2.45, 2.75) is 13.5 Å². The summed E-state index contributed by atoms with van der Waals surface area (Å²) in [7, 11) is 1.58. The molecular formula is C11H13NO3. The molecule has 0 fully saturated rings. The van der Waals surface area contributed by atoms with E-state index in [-0.39, 0.29) is 0 Å². The Bertz CT molecular complexity index is 374. The smallest absolute Gasteiger partial charge is 0.287 e. The lowest BCUT2D eigenvalue weighted by Gasteiger charge is -2.05. The summed E-state index contributed by atoms with van der Waals surface area (Å²) in [6, 6.07) is 7.30. The summed E-state index contributed by atoms with van der Waals surface area (Å²) in [6.45, 7) is 1.57. The van der Waals surface area contributed by atoms with Crippen LogP contribution in [0, 0.1) is 0 Å². The first-order chi connectivity index (χ1) is 7.13. The first-order valence-electron chi connectivity index (χ1n) is 4.55. The van der Waals surface area contributed by atoms with Gasteiger partial charge in [-0.1, -0.05) is 12.1 Å². The number of benzene rings is 1. The minimum absolute atomic E-state index is 0.329. The summed E-state index contributed by atoms with van der Waals surface area (Å²) in [4.78, 5) is 21.6.